The predicted octanol–water partition coefficient (Wildman–Crippen LogP) is 3.95. The van der Waals surface area contributed by atoms with Crippen molar-refractivity contribution in [1.82, 2.24) is 10.2 Å². The van der Waals surface area contributed by atoms with Gasteiger partial charge in [0.1, 0.15) is 0 Å². The first-order valence-electron chi connectivity index (χ1n) is 8.36. The van der Waals surface area contributed by atoms with Crippen molar-refractivity contribution in [3.8, 4) is 0 Å². The Hall–Kier alpha value is -0.860. The highest BCUT2D eigenvalue weighted by Gasteiger charge is 2.19. The first-order chi connectivity index (χ1) is 9.83. The van der Waals surface area contributed by atoms with E-state index in [2.05, 4.69) is 48.3 Å². The van der Waals surface area contributed by atoms with Gasteiger partial charge in [0.15, 0.2) is 0 Å². The Morgan fingerprint density at radius 3 is 2.80 bits per heavy atom. The maximum Gasteiger partial charge on any atom is 0.0236 e. The predicted molar refractivity (Wildman–Crippen MR) is 86.8 cm³/mol. The van der Waals surface area contributed by atoms with Crippen molar-refractivity contribution in [1.29, 1.82) is 0 Å². The van der Waals surface area contributed by atoms with Gasteiger partial charge < -0.3 is 5.32 Å². The summed E-state index contributed by atoms with van der Waals surface area (Å²) < 4.78 is 0. The van der Waals surface area contributed by atoms with Crippen LogP contribution in [0.1, 0.15) is 57.1 Å². The van der Waals surface area contributed by atoms with Gasteiger partial charge >= 0.3 is 0 Å². The molecular weight excluding hydrogens is 244 g/mol. The molecule has 1 aromatic carbocycles. The fourth-order valence-electron chi connectivity index (χ4n) is 3.25. The molecule has 112 valence electrons. The van der Waals surface area contributed by atoms with Gasteiger partial charge in [-0.05, 0) is 43.5 Å². The molecule has 0 amide bonds. The summed E-state index contributed by atoms with van der Waals surface area (Å²) in [5.41, 5.74) is 2.88. The Morgan fingerprint density at radius 1 is 1.15 bits per heavy atom. The van der Waals surface area contributed by atoms with E-state index in [4.69, 9.17) is 0 Å². The standard InChI is InChI=1S/C18H30N2/c1-3-18-11-6-5-7-12-20(18)15-17-10-8-9-16(13-17)14-19-4-2/h8-10,13,18-19H,3-7,11-12,14-15H2,1-2H3. The van der Waals surface area contributed by atoms with Crippen LogP contribution in [0.3, 0.4) is 0 Å². The van der Waals surface area contributed by atoms with E-state index < -0.39 is 0 Å². The smallest absolute Gasteiger partial charge is 0.0236 e. The normalized spacial score (nSPS) is 20.8. The van der Waals surface area contributed by atoms with Crippen molar-refractivity contribution in [2.24, 2.45) is 0 Å². The number of nitrogens with one attached hydrogen (secondary N) is 1. The van der Waals surface area contributed by atoms with E-state index >= 15 is 0 Å². The molecule has 2 rings (SSSR count). The highest BCUT2D eigenvalue weighted by molar-refractivity contribution is 5.23. The largest absolute Gasteiger partial charge is 0.313 e. The number of hydrogen-bond acceptors (Lipinski definition) is 2. The summed E-state index contributed by atoms with van der Waals surface area (Å²) in [4.78, 5) is 2.71. The molecular formula is C18H30N2. The van der Waals surface area contributed by atoms with E-state index in [1.54, 1.807) is 0 Å². The molecule has 1 fully saturated rings. The lowest BCUT2D eigenvalue weighted by atomic mass is 10.1. The van der Waals surface area contributed by atoms with Crippen molar-refractivity contribution < 1.29 is 0 Å². The van der Waals surface area contributed by atoms with Crippen molar-refractivity contribution in [3.05, 3.63) is 35.4 Å². The first-order valence-corrected chi connectivity index (χ1v) is 8.36. The quantitative estimate of drug-likeness (QED) is 0.845. The molecule has 0 spiro atoms. The topological polar surface area (TPSA) is 15.3 Å². The van der Waals surface area contributed by atoms with Crippen molar-refractivity contribution in [2.45, 2.75) is 65.1 Å². The number of hydrogen-bond donors (Lipinski definition) is 1. The maximum atomic E-state index is 3.41. The van der Waals surface area contributed by atoms with E-state index in [-0.39, 0.29) is 0 Å². The summed E-state index contributed by atoms with van der Waals surface area (Å²) in [5, 5.41) is 3.41. The molecule has 1 saturated heterocycles. The van der Waals surface area contributed by atoms with Gasteiger partial charge in [-0.3, -0.25) is 4.90 Å². The Balaban J connectivity index is 1.99. The molecule has 0 aliphatic carbocycles. The molecule has 0 radical (unpaired) electrons. The van der Waals surface area contributed by atoms with E-state index in [1.165, 1.54) is 49.8 Å². The van der Waals surface area contributed by atoms with Gasteiger partial charge in [0.25, 0.3) is 0 Å². The van der Waals surface area contributed by atoms with Crippen LogP contribution in [0.2, 0.25) is 0 Å². The number of rotatable bonds is 6. The van der Waals surface area contributed by atoms with E-state index in [0.29, 0.717) is 0 Å². The zero-order chi connectivity index (χ0) is 14.2. The fourth-order valence-corrected chi connectivity index (χ4v) is 3.25. The van der Waals surface area contributed by atoms with Crippen LogP contribution in [0.25, 0.3) is 0 Å². The lowest BCUT2D eigenvalue weighted by molar-refractivity contribution is 0.186. The maximum absolute atomic E-state index is 3.41. The summed E-state index contributed by atoms with van der Waals surface area (Å²) in [6.07, 6.45) is 6.86. The third kappa shape index (κ3) is 4.60. The summed E-state index contributed by atoms with van der Waals surface area (Å²) >= 11 is 0. The number of benzene rings is 1. The van der Waals surface area contributed by atoms with Crippen LogP contribution in [0, 0.1) is 0 Å². The summed E-state index contributed by atoms with van der Waals surface area (Å²) in [6.45, 7) is 8.92. The van der Waals surface area contributed by atoms with Gasteiger partial charge in [-0.25, -0.2) is 0 Å². The van der Waals surface area contributed by atoms with E-state index in [1.807, 2.05) is 0 Å². The lowest BCUT2D eigenvalue weighted by Crippen LogP contribution is -2.33. The third-order valence-corrected chi connectivity index (χ3v) is 4.43. The van der Waals surface area contributed by atoms with Gasteiger partial charge in [-0.2, -0.15) is 0 Å². The highest BCUT2D eigenvalue weighted by atomic mass is 15.2. The summed E-state index contributed by atoms with van der Waals surface area (Å²) in [7, 11) is 0. The molecule has 0 bridgehead atoms. The van der Waals surface area contributed by atoms with Crippen LogP contribution in [0.4, 0.5) is 0 Å². The Kier molecular flexibility index (Phi) is 6.55. The second kappa shape index (κ2) is 8.43. The van der Waals surface area contributed by atoms with Crippen LogP contribution < -0.4 is 5.32 Å². The van der Waals surface area contributed by atoms with E-state index in [9.17, 15) is 0 Å². The zero-order valence-electron chi connectivity index (χ0n) is 13.2. The molecule has 2 nitrogen and oxygen atoms in total. The Labute approximate surface area is 124 Å². The minimum Gasteiger partial charge on any atom is -0.313 e. The molecule has 20 heavy (non-hydrogen) atoms. The molecule has 0 aromatic heterocycles. The average Bonchev–Trinajstić information content (AvgIpc) is 2.70. The monoisotopic (exact) mass is 274 g/mol. The van der Waals surface area contributed by atoms with E-state index in [0.717, 1.165) is 25.7 Å². The SMILES string of the molecule is CCNCc1cccc(CN2CCCCCC2CC)c1. The second-order valence-electron chi connectivity index (χ2n) is 5.98. The first kappa shape index (κ1) is 15.5. The highest BCUT2D eigenvalue weighted by Crippen LogP contribution is 2.21. The second-order valence-corrected chi connectivity index (χ2v) is 5.98. The Morgan fingerprint density at radius 2 is 2.00 bits per heavy atom. The van der Waals surface area contributed by atoms with Crippen LogP contribution in [-0.4, -0.2) is 24.0 Å². The molecule has 2 heteroatoms. The average molecular weight is 274 g/mol. The van der Waals surface area contributed by atoms with Crippen LogP contribution in [0.5, 0.6) is 0 Å². The molecule has 1 atom stereocenters. The van der Waals surface area contributed by atoms with Gasteiger partial charge in [-0.15, -0.1) is 0 Å². The molecule has 1 aromatic rings. The molecule has 1 aliphatic heterocycles. The molecule has 1 aliphatic rings. The minimum absolute atomic E-state index is 0.787. The van der Waals surface area contributed by atoms with Gasteiger partial charge in [-0.1, -0.05) is 51.0 Å². The summed E-state index contributed by atoms with van der Waals surface area (Å²) in [5.74, 6) is 0. The number of nitrogens with zero attached hydrogens (tertiary/aromatic N) is 1. The molecule has 0 saturated carbocycles. The summed E-state index contributed by atoms with van der Waals surface area (Å²) in [6, 6.07) is 9.88. The van der Waals surface area contributed by atoms with Gasteiger partial charge in [0.2, 0.25) is 0 Å². The third-order valence-electron chi connectivity index (χ3n) is 4.43. The zero-order valence-corrected chi connectivity index (χ0v) is 13.2. The lowest BCUT2D eigenvalue weighted by Gasteiger charge is -2.29. The van der Waals surface area contributed by atoms with Crippen molar-refractivity contribution in [2.75, 3.05) is 13.1 Å². The number of likely N-dealkylation sites (tertiary alicyclic amines) is 1. The fraction of sp³-hybridized carbons (Fsp3) is 0.667. The van der Waals surface area contributed by atoms with Gasteiger partial charge in [0.05, 0.1) is 0 Å². The van der Waals surface area contributed by atoms with Crippen LogP contribution >= 0.6 is 0 Å². The van der Waals surface area contributed by atoms with Crippen LogP contribution in [0.15, 0.2) is 24.3 Å². The minimum atomic E-state index is 0.787. The van der Waals surface area contributed by atoms with Crippen LogP contribution in [-0.2, 0) is 13.1 Å². The van der Waals surface area contributed by atoms with Crippen molar-refractivity contribution in [3.63, 3.8) is 0 Å². The molecule has 1 unspecified atom stereocenters. The van der Waals surface area contributed by atoms with Crippen molar-refractivity contribution >= 4 is 0 Å². The Bertz CT molecular complexity index is 389. The molecule has 1 N–H and O–H groups in total. The molecule has 1 heterocycles. The van der Waals surface area contributed by atoms with Gasteiger partial charge in [0, 0.05) is 19.1 Å².